The highest BCUT2D eigenvalue weighted by Gasteiger charge is 2.21. The van der Waals surface area contributed by atoms with Gasteiger partial charge < -0.3 is 0 Å². The van der Waals surface area contributed by atoms with E-state index >= 15 is 0 Å². The number of fused-ring (bicyclic) bond motifs is 1. The van der Waals surface area contributed by atoms with Crippen LogP contribution in [0.2, 0.25) is 0 Å². The second kappa shape index (κ2) is 7.27. The molecule has 2 heterocycles. The Kier molecular flexibility index (Phi) is 4.67. The first-order valence-corrected chi connectivity index (χ1v) is 9.10. The number of pyridine rings is 1. The molecule has 1 aliphatic heterocycles. The fourth-order valence-electron chi connectivity index (χ4n) is 3.43. The summed E-state index contributed by atoms with van der Waals surface area (Å²) in [5.74, 6) is -0.208. The van der Waals surface area contributed by atoms with Gasteiger partial charge in [0.15, 0.2) is 0 Å². The van der Waals surface area contributed by atoms with Crippen molar-refractivity contribution in [2.45, 2.75) is 26.2 Å². The summed E-state index contributed by atoms with van der Waals surface area (Å²) in [6, 6.07) is 16.5. The molecule has 0 radical (unpaired) electrons. The Morgan fingerprint density at radius 1 is 1.11 bits per heavy atom. The maximum Gasteiger partial charge on any atom is 0.242 e. The predicted octanol–water partition coefficient (Wildman–Crippen LogP) is 4.25. The van der Waals surface area contributed by atoms with Gasteiger partial charge in [-0.25, -0.2) is 9.40 Å². The summed E-state index contributed by atoms with van der Waals surface area (Å²) < 4.78 is 14.2. The number of amides is 1. The Labute approximate surface area is 157 Å². The number of benzene rings is 2. The van der Waals surface area contributed by atoms with Crippen LogP contribution in [0, 0.1) is 12.7 Å². The number of hydrogen-bond donors (Lipinski definition) is 0. The summed E-state index contributed by atoms with van der Waals surface area (Å²) >= 11 is 0. The molecule has 1 aromatic heterocycles. The number of carbonyl (C=O) groups is 1. The molecule has 1 amide bonds. The molecule has 1 fully saturated rings. The first kappa shape index (κ1) is 17.3. The number of hydrogen-bond acceptors (Lipinski definition) is 3. The average molecular weight is 361 g/mol. The summed E-state index contributed by atoms with van der Waals surface area (Å²) in [6.07, 6.45) is 1.81. The van der Waals surface area contributed by atoms with Crippen LogP contribution in [-0.2, 0) is 11.2 Å². The summed E-state index contributed by atoms with van der Waals surface area (Å²) in [5, 5.41) is 7.61. The zero-order valence-corrected chi connectivity index (χ0v) is 15.2. The van der Waals surface area contributed by atoms with Crippen LogP contribution in [0.4, 0.5) is 4.39 Å². The molecule has 3 aromatic rings. The predicted molar refractivity (Wildman–Crippen MR) is 104 cm³/mol. The van der Waals surface area contributed by atoms with Gasteiger partial charge in [0.2, 0.25) is 5.91 Å². The van der Waals surface area contributed by atoms with E-state index in [1.807, 2.05) is 43.3 Å². The Balaban J connectivity index is 1.79. The number of nitrogens with zero attached hydrogens (tertiary/aromatic N) is 3. The number of hydrazone groups is 1. The standard InChI is InChI=1S/C22H20FN3O/c1-15-6-4-9-20(24-15)21(25-26-13-5-10-22(26)27)14-16-11-12-19(23)18-8-3-2-7-17(16)18/h2-4,6-9,11-12H,5,10,13-14H2,1H3/b25-21-. The lowest BCUT2D eigenvalue weighted by Crippen LogP contribution is -2.22. The highest BCUT2D eigenvalue weighted by molar-refractivity contribution is 6.03. The van der Waals surface area contributed by atoms with Crippen molar-refractivity contribution in [1.82, 2.24) is 9.99 Å². The van der Waals surface area contributed by atoms with Crippen molar-refractivity contribution in [2.75, 3.05) is 6.54 Å². The van der Waals surface area contributed by atoms with Crippen molar-refractivity contribution >= 4 is 22.4 Å². The molecule has 0 N–H and O–H groups in total. The minimum absolute atomic E-state index is 0.0316. The van der Waals surface area contributed by atoms with Crippen molar-refractivity contribution in [2.24, 2.45) is 5.10 Å². The molecule has 0 spiro atoms. The molecule has 2 aromatic carbocycles. The zero-order valence-electron chi connectivity index (χ0n) is 15.2. The highest BCUT2D eigenvalue weighted by atomic mass is 19.1. The molecule has 0 bridgehead atoms. The normalized spacial score (nSPS) is 15.0. The molecular formula is C22H20FN3O. The van der Waals surface area contributed by atoms with Crippen LogP contribution in [0.3, 0.4) is 0 Å². The van der Waals surface area contributed by atoms with Crippen molar-refractivity contribution in [3.05, 3.63) is 77.4 Å². The largest absolute Gasteiger partial charge is 0.273 e. The van der Waals surface area contributed by atoms with E-state index in [2.05, 4.69) is 10.1 Å². The van der Waals surface area contributed by atoms with Crippen LogP contribution < -0.4 is 0 Å². The third-order valence-corrected chi connectivity index (χ3v) is 4.79. The van der Waals surface area contributed by atoms with Crippen LogP contribution in [0.5, 0.6) is 0 Å². The van der Waals surface area contributed by atoms with Crippen LogP contribution in [-0.4, -0.2) is 28.2 Å². The molecule has 0 saturated carbocycles. The Morgan fingerprint density at radius 2 is 1.93 bits per heavy atom. The smallest absolute Gasteiger partial charge is 0.242 e. The lowest BCUT2D eigenvalue weighted by molar-refractivity contribution is -0.127. The van der Waals surface area contributed by atoms with E-state index in [-0.39, 0.29) is 11.7 Å². The van der Waals surface area contributed by atoms with E-state index in [4.69, 9.17) is 0 Å². The summed E-state index contributed by atoms with van der Waals surface area (Å²) in [6.45, 7) is 2.55. The van der Waals surface area contributed by atoms with Gasteiger partial charge in [-0.15, -0.1) is 0 Å². The second-order valence-corrected chi connectivity index (χ2v) is 6.76. The van der Waals surface area contributed by atoms with Gasteiger partial charge >= 0.3 is 0 Å². The monoisotopic (exact) mass is 361 g/mol. The van der Waals surface area contributed by atoms with E-state index < -0.39 is 0 Å². The van der Waals surface area contributed by atoms with E-state index in [0.717, 1.165) is 28.8 Å². The molecule has 1 aliphatic rings. The third kappa shape index (κ3) is 3.58. The first-order chi connectivity index (χ1) is 13.1. The molecular weight excluding hydrogens is 341 g/mol. The fraction of sp³-hybridized carbons (Fsp3) is 0.227. The van der Waals surface area contributed by atoms with Gasteiger partial charge in [-0.1, -0.05) is 36.4 Å². The van der Waals surface area contributed by atoms with Crippen LogP contribution >= 0.6 is 0 Å². The van der Waals surface area contributed by atoms with Gasteiger partial charge in [-0.2, -0.15) is 5.10 Å². The van der Waals surface area contributed by atoms with Crippen LogP contribution in [0.15, 0.2) is 59.7 Å². The summed E-state index contributed by atoms with van der Waals surface area (Å²) in [5.41, 5.74) is 3.30. The number of aryl methyl sites for hydroxylation is 1. The van der Waals surface area contributed by atoms with Gasteiger partial charge in [0.05, 0.1) is 11.4 Å². The average Bonchev–Trinajstić information content (AvgIpc) is 3.08. The minimum atomic E-state index is -0.240. The molecule has 4 nitrogen and oxygen atoms in total. The van der Waals surface area contributed by atoms with Crippen LogP contribution in [0.25, 0.3) is 10.8 Å². The molecule has 27 heavy (non-hydrogen) atoms. The SMILES string of the molecule is Cc1cccc(/C(Cc2ccc(F)c3ccccc23)=N\N2CCCC2=O)n1. The van der Waals surface area contributed by atoms with E-state index in [1.54, 1.807) is 12.1 Å². The molecule has 0 unspecified atom stereocenters. The minimum Gasteiger partial charge on any atom is -0.273 e. The van der Waals surface area contributed by atoms with Crippen molar-refractivity contribution < 1.29 is 9.18 Å². The Morgan fingerprint density at radius 3 is 2.67 bits per heavy atom. The van der Waals surface area contributed by atoms with Crippen LogP contribution in [0.1, 0.15) is 29.8 Å². The number of halogens is 1. The molecule has 4 rings (SSSR count). The number of carbonyl (C=O) groups excluding carboxylic acids is 1. The van der Waals surface area contributed by atoms with E-state index in [1.165, 1.54) is 11.1 Å². The number of aromatic nitrogens is 1. The van der Waals surface area contributed by atoms with Gasteiger partial charge in [-0.05, 0) is 42.5 Å². The summed E-state index contributed by atoms with van der Waals surface area (Å²) in [7, 11) is 0. The molecule has 5 heteroatoms. The quantitative estimate of drug-likeness (QED) is 0.652. The third-order valence-electron chi connectivity index (χ3n) is 4.79. The van der Waals surface area contributed by atoms with E-state index in [0.29, 0.717) is 30.5 Å². The topological polar surface area (TPSA) is 45.6 Å². The van der Waals surface area contributed by atoms with Crippen molar-refractivity contribution in [1.29, 1.82) is 0 Å². The highest BCUT2D eigenvalue weighted by Crippen LogP contribution is 2.24. The first-order valence-electron chi connectivity index (χ1n) is 9.10. The Bertz CT molecular complexity index is 1040. The van der Waals surface area contributed by atoms with Gasteiger partial charge in [0.25, 0.3) is 0 Å². The van der Waals surface area contributed by atoms with Crippen molar-refractivity contribution in [3.63, 3.8) is 0 Å². The zero-order chi connectivity index (χ0) is 18.8. The lowest BCUT2D eigenvalue weighted by Gasteiger charge is -2.14. The Hall–Kier alpha value is -3.08. The fourth-order valence-corrected chi connectivity index (χ4v) is 3.43. The summed E-state index contributed by atoms with van der Waals surface area (Å²) in [4.78, 5) is 16.7. The maximum atomic E-state index is 14.2. The second-order valence-electron chi connectivity index (χ2n) is 6.76. The van der Waals surface area contributed by atoms with E-state index in [9.17, 15) is 9.18 Å². The lowest BCUT2D eigenvalue weighted by atomic mass is 9.98. The van der Waals surface area contributed by atoms with Gasteiger partial charge in [0.1, 0.15) is 5.82 Å². The van der Waals surface area contributed by atoms with Crippen molar-refractivity contribution in [3.8, 4) is 0 Å². The maximum absolute atomic E-state index is 14.2. The van der Waals surface area contributed by atoms with Gasteiger partial charge in [0, 0.05) is 30.5 Å². The molecule has 0 aliphatic carbocycles. The molecule has 136 valence electrons. The number of rotatable bonds is 4. The molecule has 1 saturated heterocycles. The van der Waals surface area contributed by atoms with Gasteiger partial charge in [-0.3, -0.25) is 9.78 Å². The molecule has 0 atom stereocenters.